The van der Waals surface area contributed by atoms with Gasteiger partial charge in [0.2, 0.25) is 5.88 Å². The normalized spacial score (nSPS) is 10.3. The summed E-state index contributed by atoms with van der Waals surface area (Å²) < 4.78 is 18.2. The highest BCUT2D eigenvalue weighted by atomic mass is 79.9. The smallest absolute Gasteiger partial charge is 0.259 e. The van der Waals surface area contributed by atoms with Gasteiger partial charge in [0.25, 0.3) is 5.91 Å². The summed E-state index contributed by atoms with van der Waals surface area (Å²) in [5, 5.41) is 6.11. The van der Waals surface area contributed by atoms with Crippen LogP contribution in [0, 0.1) is 12.7 Å². The lowest BCUT2D eigenvalue weighted by Crippen LogP contribution is -2.12. The number of hydrogen-bond donors (Lipinski definition) is 1. The number of halogens is 2. The molecule has 6 heteroatoms. The van der Waals surface area contributed by atoms with E-state index in [-0.39, 0.29) is 15.9 Å². The van der Waals surface area contributed by atoms with Gasteiger partial charge in [0, 0.05) is 6.07 Å². The van der Waals surface area contributed by atoms with Crippen LogP contribution in [0.1, 0.15) is 16.1 Å². The van der Waals surface area contributed by atoms with E-state index in [9.17, 15) is 9.18 Å². The summed E-state index contributed by atoms with van der Waals surface area (Å²) >= 11 is 3.02. The number of aromatic nitrogens is 1. The molecule has 4 nitrogen and oxygen atoms in total. The Hall–Kier alpha value is -1.69. The first-order valence-electron chi connectivity index (χ1n) is 4.76. The zero-order valence-corrected chi connectivity index (χ0v) is 10.4. The molecule has 0 saturated carbocycles. The first-order chi connectivity index (χ1) is 8.08. The van der Waals surface area contributed by atoms with Gasteiger partial charge in [-0.15, -0.1) is 0 Å². The van der Waals surface area contributed by atoms with Gasteiger partial charge in [-0.05, 0) is 35.0 Å². The Bertz CT molecular complexity index is 568. The minimum absolute atomic E-state index is 0.119. The van der Waals surface area contributed by atoms with E-state index in [2.05, 4.69) is 26.4 Å². The van der Waals surface area contributed by atoms with E-state index in [4.69, 9.17) is 4.52 Å². The highest BCUT2D eigenvalue weighted by Gasteiger charge is 2.14. The predicted molar refractivity (Wildman–Crippen MR) is 63.3 cm³/mol. The SMILES string of the molecule is Cc1cc(NC(=O)c2cccc(F)c2Br)on1. The van der Waals surface area contributed by atoms with Gasteiger partial charge < -0.3 is 4.52 Å². The van der Waals surface area contributed by atoms with Gasteiger partial charge in [0.15, 0.2) is 0 Å². The van der Waals surface area contributed by atoms with Gasteiger partial charge in [-0.3, -0.25) is 10.1 Å². The van der Waals surface area contributed by atoms with Crippen molar-refractivity contribution in [2.75, 3.05) is 5.32 Å². The fraction of sp³-hybridized carbons (Fsp3) is 0.0909. The number of carbonyl (C=O) groups is 1. The van der Waals surface area contributed by atoms with Crippen molar-refractivity contribution in [3.63, 3.8) is 0 Å². The Balaban J connectivity index is 2.23. The van der Waals surface area contributed by atoms with Crippen LogP contribution in [-0.4, -0.2) is 11.1 Å². The topological polar surface area (TPSA) is 55.1 Å². The predicted octanol–water partition coefficient (Wildman–Crippen LogP) is 3.14. The molecule has 1 heterocycles. The molecule has 2 rings (SSSR count). The van der Waals surface area contributed by atoms with Gasteiger partial charge >= 0.3 is 0 Å². The Kier molecular flexibility index (Phi) is 3.23. The summed E-state index contributed by atoms with van der Waals surface area (Å²) in [5.41, 5.74) is 0.845. The second kappa shape index (κ2) is 4.67. The Morgan fingerprint density at radius 1 is 1.53 bits per heavy atom. The van der Waals surface area contributed by atoms with Crippen molar-refractivity contribution in [2.45, 2.75) is 6.92 Å². The maximum absolute atomic E-state index is 13.2. The molecular weight excluding hydrogens is 291 g/mol. The van der Waals surface area contributed by atoms with Gasteiger partial charge in [-0.25, -0.2) is 4.39 Å². The molecule has 88 valence electrons. The first-order valence-corrected chi connectivity index (χ1v) is 5.56. The molecule has 1 N–H and O–H groups in total. The molecule has 1 aromatic heterocycles. The Labute approximate surface area is 105 Å². The van der Waals surface area contributed by atoms with E-state index in [0.29, 0.717) is 5.69 Å². The monoisotopic (exact) mass is 298 g/mol. The molecule has 0 aliphatic rings. The Morgan fingerprint density at radius 3 is 2.94 bits per heavy atom. The van der Waals surface area contributed by atoms with Crippen molar-refractivity contribution in [1.29, 1.82) is 0 Å². The molecule has 0 radical (unpaired) electrons. The molecule has 0 aliphatic heterocycles. The van der Waals surface area contributed by atoms with Crippen LogP contribution in [0.25, 0.3) is 0 Å². The fourth-order valence-electron chi connectivity index (χ4n) is 1.28. The van der Waals surface area contributed by atoms with Crippen molar-refractivity contribution < 1.29 is 13.7 Å². The number of amides is 1. The second-order valence-electron chi connectivity index (χ2n) is 3.39. The molecule has 1 amide bonds. The maximum Gasteiger partial charge on any atom is 0.259 e. The van der Waals surface area contributed by atoms with E-state index >= 15 is 0 Å². The summed E-state index contributed by atoms with van der Waals surface area (Å²) in [6, 6.07) is 5.80. The van der Waals surface area contributed by atoms with Crippen LogP contribution in [0.2, 0.25) is 0 Å². The van der Waals surface area contributed by atoms with Crippen molar-refractivity contribution >= 4 is 27.7 Å². The molecule has 2 aromatic rings. The zero-order valence-electron chi connectivity index (χ0n) is 8.83. The molecule has 0 spiro atoms. The number of benzene rings is 1. The van der Waals surface area contributed by atoms with Crippen molar-refractivity contribution in [3.8, 4) is 0 Å². The lowest BCUT2D eigenvalue weighted by atomic mass is 10.2. The van der Waals surface area contributed by atoms with Gasteiger partial charge in [0.05, 0.1) is 15.7 Å². The summed E-state index contributed by atoms with van der Waals surface area (Å²) in [6.07, 6.45) is 0. The standard InChI is InChI=1S/C11H8BrFN2O2/c1-6-5-9(17-15-6)14-11(16)7-3-2-4-8(13)10(7)12/h2-5H,1H3,(H,14,16). The molecule has 0 saturated heterocycles. The van der Waals surface area contributed by atoms with E-state index in [1.165, 1.54) is 18.2 Å². The molecule has 0 aliphatic carbocycles. The minimum atomic E-state index is -0.494. The quantitative estimate of drug-likeness (QED) is 0.927. The molecular formula is C11H8BrFN2O2. The van der Waals surface area contributed by atoms with Crippen LogP contribution in [0.5, 0.6) is 0 Å². The number of hydrogen-bond acceptors (Lipinski definition) is 3. The van der Waals surface area contributed by atoms with Crippen molar-refractivity contribution in [3.05, 3.63) is 45.8 Å². The third-order valence-corrected chi connectivity index (χ3v) is 2.87. The number of carbonyl (C=O) groups excluding carboxylic acids is 1. The van der Waals surface area contributed by atoms with Crippen LogP contribution in [0.3, 0.4) is 0 Å². The summed E-state index contributed by atoms with van der Waals surface area (Å²) in [4.78, 5) is 11.8. The third-order valence-electron chi connectivity index (χ3n) is 2.06. The summed E-state index contributed by atoms with van der Waals surface area (Å²) in [7, 11) is 0. The van der Waals surface area contributed by atoms with Gasteiger partial charge in [-0.2, -0.15) is 0 Å². The van der Waals surface area contributed by atoms with E-state index < -0.39 is 11.7 Å². The summed E-state index contributed by atoms with van der Waals surface area (Å²) in [6.45, 7) is 1.73. The third kappa shape index (κ3) is 2.52. The second-order valence-corrected chi connectivity index (χ2v) is 4.18. The number of aryl methyl sites for hydroxylation is 1. The average molecular weight is 299 g/mol. The largest absolute Gasteiger partial charge is 0.338 e. The highest BCUT2D eigenvalue weighted by molar-refractivity contribution is 9.10. The molecule has 0 atom stereocenters. The Morgan fingerprint density at radius 2 is 2.29 bits per heavy atom. The highest BCUT2D eigenvalue weighted by Crippen LogP contribution is 2.21. The zero-order chi connectivity index (χ0) is 12.4. The van der Waals surface area contributed by atoms with Gasteiger partial charge in [0.1, 0.15) is 5.82 Å². The first kappa shape index (κ1) is 11.8. The molecule has 17 heavy (non-hydrogen) atoms. The molecule has 1 aromatic carbocycles. The molecule has 0 unspecified atom stereocenters. The minimum Gasteiger partial charge on any atom is -0.338 e. The number of nitrogens with zero attached hydrogens (tertiary/aromatic N) is 1. The summed E-state index contributed by atoms with van der Waals surface area (Å²) in [5.74, 6) is -0.734. The van der Waals surface area contributed by atoms with Crippen molar-refractivity contribution in [2.24, 2.45) is 0 Å². The fourth-order valence-corrected chi connectivity index (χ4v) is 1.73. The van der Waals surface area contributed by atoms with Crippen LogP contribution in [-0.2, 0) is 0 Å². The van der Waals surface area contributed by atoms with Gasteiger partial charge in [-0.1, -0.05) is 11.2 Å². The average Bonchev–Trinajstić information content (AvgIpc) is 2.68. The number of nitrogens with one attached hydrogen (secondary N) is 1. The van der Waals surface area contributed by atoms with Crippen LogP contribution >= 0.6 is 15.9 Å². The lowest BCUT2D eigenvalue weighted by Gasteiger charge is -2.04. The lowest BCUT2D eigenvalue weighted by molar-refractivity contribution is 0.102. The molecule has 0 fully saturated rings. The van der Waals surface area contributed by atoms with Crippen LogP contribution in [0.4, 0.5) is 10.3 Å². The molecule has 0 bridgehead atoms. The van der Waals surface area contributed by atoms with Crippen LogP contribution < -0.4 is 5.32 Å². The maximum atomic E-state index is 13.2. The number of anilines is 1. The number of rotatable bonds is 2. The van der Waals surface area contributed by atoms with E-state index in [1.54, 1.807) is 13.0 Å². The van der Waals surface area contributed by atoms with E-state index in [0.717, 1.165) is 0 Å². The van der Waals surface area contributed by atoms with E-state index in [1.807, 2.05) is 0 Å². The van der Waals surface area contributed by atoms with Crippen molar-refractivity contribution in [1.82, 2.24) is 5.16 Å². The van der Waals surface area contributed by atoms with Crippen LogP contribution in [0.15, 0.2) is 33.3 Å².